The summed E-state index contributed by atoms with van der Waals surface area (Å²) < 4.78 is 5.20. The molecule has 2 aromatic rings. The van der Waals surface area contributed by atoms with E-state index in [0.29, 0.717) is 24.2 Å². The smallest absolute Gasteiger partial charge is 0.191 e. The molecule has 0 radical (unpaired) electrons. The number of rotatable bonds is 6. The molecule has 1 unspecified atom stereocenters. The van der Waals surface area contributed by atoms with Gasteiger partial charge in [-0.25, -0.2) is 4.98 Å². The van der Waals surface area contributed by atoms with Gasteiger partial charge in [0.2, 0.25) is 0 Å². The van der Waals surface area contributed by atoms with Gasteiger partial charge in [-0.05, 0) is 29.7 Å². The lowest BCUT2D eigenvalue weighted by molar-refractivity contribution is 0.185. The minimum absolute atomic E-state index is 0.300. The molecule has 0 spiro atoms. The lowest BCUT2D eigenvalue weighted by Crippen LogP contribution is -2.44. The van der Waals surface area contributed by atoms with Crippen molar-refractivity contribution in [3.63, 3.8) is 0 Å². The van der Waals surface area contributed by atoms with E-state index >= 15 is 0 Å². The van der Waals surface area contributed by atoms with Crippen molar-refractivity contribution >= 4 is 23.4 Å². The Labute approximate surface area is 165 Å². The maximum absolute atomic E-state index is 6.27. The number of anilines is 1. The van der Waals surface area contributed by atoms with Gasteiger partial charge in [0.05, 0.1) is 11.6 Å². The number of ether oxygens (including phenoxy) is 1. The van der Waals surface area contributed by atoms with Crippen molar-refractivity contribution in [2.75, 3.05) is 32.1 Å². The van der Waals surface area contributed by atoms with Gasteiger partial charge in [-0.3, -0.25) is 4.99 Å². The van der Waals surface area contributed by atoms with Crippen molar-refractivity contribution < 1.29 is 4.74 Å². The second kappa shape index (κ2) is 9.58. The highest BCUT2D eigenvalue weighted by Crippen LogP contribution is 2.25. The number of methoxy groups -OCH3 is 1. The number of hydrogen-bond acceptors (Lipinski definition) is 4. The molecule has 0 amide bonds. The molecule has 2 heterocycles. The number of pyridine rings is 1. The van der Waals surface area contributed by atoms with Gasteiger partial charge in [-0.2, -0.15) is 0 Å². The minimum Gasteiger partial charge on any atom is -0.380 e. The van der Waals surface area contributed by atoms with E-state index in [9.17, 15) is 0 Å². The molecule has 1 aliphatic rings. The molecular weight excluding hydrogens is 362 g/mol. The molecule has 6 nitrogen and oxygen atoms in total. The molecule has 1 atom stereocenters. The van der Waals surface area contributed by atoms with E-state index < -0.39 is 0 Å². The van der Waals surface area contributed by atoms with Crippen LogP contribution in [0.4, 0.5) is 5.82 Å². The Hall–Kier alpha value is -2.31. The van der Waals surface area contributed by atoms with Crippen LogP contribution in [0.2, 0.25) is 5.02 Å². The lowest BCUT2D eigenvalue weighted by atomic mass is 10.1. The van der Waals surface area contributed by atoms with Crippen LogP contribution in [0, 0.1) is 0 Å². The predicted molar refractivity (Wildman–Crippen MR) is 110 cm³/mol. The Morgan fingerprint density at radius 1 is 1.33 bits per heavy atom. The summed E-state index contributed by atoms with van der Waals surface area (Å²) in [6, 6.07) is 12.4. The number of aliphatic imine (C=N–C) groups is 1. The van der Waals surface area contributed by atoms with Crippen LogP contribution in [-0.2, 0) is 17.9 Å². The summed E-state index contributed by atoms with van der Waals surface area (Å²) in [7, 11) is 3.50. The standard InChI is InChI=1S/C20H26ClN5O/c1-22-20(24-12-15-5-3-6-16(11-15)14-27-2)25-17-8-10-26(13-17)19-18(21)7-4-9-23-19/h3-7,9,11,17H,8,10,12-14H2,1-2H3,(H2,22,24,25). The van der Waals surface area contributed by atoms with Gasteiger partial charge in [-0.15, -0.1) is 0 Å². The number of benzene rings is 1. The quantitative estimate of drug-likeness (QED) is 0.589. The van der Waals surface area contributed by atoms with E-state index in [1.165, 1.54) is 11.1 Å². The molecule has 1 saturated heterocycles. The summed E-state index contributed by atoms with van der Waals surface area (Å²) in [4.78, 5) is 11.0. The molecule has 144 valence electrons. The molecule has 1 aliphatic heterocycles. The van der Waals surface area contributed by atoms with Crippen LogP contribution in [0.25, 0.3) is 0 Å². The monoisotopic (exact) mass is 387 g/mol. The van der Waals surface area contributed by atoms with Crippen LogP contribution >= 0.6 is 11.6 Å². The van der Waals surface area contributed by atoms with Gasteiger partial charge >= 0.3 is 0 Å². The SMILES string of the molecule is CN=C(NCc1cccc(COC)c1)NC1CCN(c2ncccc2Cl)C1. The summed E-state index contributed by atoms with van der Waals surface area (Å²) >= 11 is 6.27. The average Bonchev–Trinajstić information content (AvgIpc) is 3.14. The molecule has 0 saturated carbocycles. The first kappa shape index (κ1) is 19.5. The van der Waals surface area contributed by atoms with Crippen LogP contribution in [0.5, 0.6) is 0 Å². The van der Waals surface area contributed by atoms with E-state index in [0.717, 1.165) is 31.3 Å². The predicted octanol–water partition coefficient (Wildman–Crippen LogP) is 2.83. The summed E-state index contributed by atoms with van der Waals surface area (Å²) in [5, 5.41) is 7.57. The van der Waals surface area contributed by atoms with Gasteiger partial charge in [0.15, 0.2) is 5.96 Å². The largest absolute Gasteiger partial charge is 0.380 e. The van der Waals surface area contributed by atoms with Crippen molar-refractivity contribution in [1.29, 1.82) is 0 Å². The number of nitrogens with one attached hydrogen (secondary N) is 2. The van der Waals surface area contributed by atoms with E-state index in [-0.39, 0.29) is 0 Å². The minimum atomic E-state index is 0.300. The third kappa shape index (κ3) is 5.34. The third-order valence-electron chi connectivity index (χ3n) is 4.55. The number of nitrogens with zero attached hydrogens (tertiary/aromatic N) is 3. The second-order valence-electron chi connectivity index (χ2n) is 6.56. The lowest BCUT2D eigenvalue weighted by Gasteiger charge is -2.20. The number of hydrogen-bond donors (Lipinski definition) is 2. The summed E-state index contributed by atoms with van der Waals surface area (Å²) in [5.41, 5.74) is 2.36. The topological polar surface area (TPSA) is 61.8 Å². The molecule has 3 rings (SSSR count). The van der Waals surface area contributed by atoms with Gasteiger partial charge in [0.25, 0.3) is 0 Å². The maximum Gasteiger partial charge on any atom is 0.191 e. The second-order valence-corrected chi connectivity index (χ2v) is 6.97. The number of guanidine groups is 1. The summed E-state index contributed by atoms with van der Waals surface area (Å²) in [5.74, 6) is 1.65. The van der Waals surface area contributed by atoms with Gasteiger partial charge in [0, 0.05) is 46.0 Å². The van der Waals surface area contributed by atoms with E-state index in [1.807, 2.05) is 18.2 Å². The fourth-order valence-electron chi connectivity index (χ4n) is 3.25. The van der Waals surface area contributed by atoms with E-state index in [4.69, 9.17) is 16.3 Å². The van der Waals surface area contributed by atoms with Crippen molar-refractivity contribution in [3.8, 4) is 0 Å². The van der Waals surface area contributed by atoms with Crippen LogP contribution in [0.3, 0.4) is 0 Å². The van der Waals surface area contributed by atoms with Crippen LogP contribution in [-0.4, -0.2) is 44.2 Å². The normalized spacial score (nSPS) is 17.2. The van der Waals surface area contributed by atoms with Crippen LogP contribution in [0.1, 0.15) is 17.5 Å². The molecule has 2 N–H and O–H groups in total. The Bertz CT molecular complexity index is 782. The molecule has 0 bridgehead atoms. The zero-order valence-electron chi connectivity index (χ0n) is 15.8. The van der Waals surface area contributed by atoms with Crippen molar-refractivity contribution in [3.05, 3.63) is 58.7 Å². The van der Waals surface area contributed by atoms with Gasteiger partial charge in [0.1, 0.15) is 5.82 Å². The fraction of sp³-hybridized carbons (Fsp3) is 0.400. The maximum atomic E-state index is 6.27. The molecule has 1 aromatic carbocycles. The van der Waals surface area contributed by atoms with Crippen molar-refractivity contribution in [2.24, 2.45) is 4.99 Å². The first-order valence-electron chi connectivity index (χ1n) is 9.09. The summed E-state index contributed by atoms with van der Waals surface area (Å²) in [6.07, 6.45) is 2.79. The fourth-order valence-corrected chi connectivity index (χ4v) is 3.49. The molecule has 27 heavy (non-hydrogen) atoms. The summed E-state index contributed by atoms with van der Waals surface area (Å²) in [6.45, 7) is 3.10. The van der Waals surface area contributed by atoms with Crippen molar-refractivity contribution in [1.82, 2.24) is 15.6 Å². The van der Waals surface area contributed by atoms with E-state index in [2.05, 4.69) is 43.7 Å². The highest BCUT2D eigenvalue weighted by molar-refractivity contribution is 6.32. The Balaban J connectivity index is 1.52. The first-order chi connectivity index (χ1) is 13.2. The highest BCUT2D eigenvalue weighted by Gasteiger charge is 2.25. The Kier molecular flexibility index (Phi) is 6.90. The van der Waals surface area contributed by atoms with Crippen LogP contribution in [0.15, 0.2) is 47.6 Å². The molecule has 1 fully saturated rings. The number of halogens is 1. The average molecular weight is 388 g/mol. The third-order valence-corrected chi connectivity index (χ3v) is 4.85. The molecule has 7 heteroatoms. The highest BCUT2D eigenvalue weighted by atomic mass is 35.5. The van der Waals surface area contributed by atoms with Crippen LogP contribution < -0.4 is 15.5 Å². The Morgan fingerprint density at radius 2 is 2.19 bits per heavy atom. The van der Waals surface area contributed by atoms with Gasteiger partial charge in [-0.1, -0.05) is 35.9 Å². The molecule has 0 aliphatic carbocycles. The number of aromatic nitrogens is 1. The zero-order valence-corrected chi connectivity index (χ0v) is 16.5. The first-order valence-corrected chi connectivity index (χ1v) is 9.47. The Morgan fingerprint density at radius 3 is 2.96 bits per heavy atom. The van der Waals surface area contributed by atoms with Gasteiger partial charge < -0.3 is 20.3 Å². The van der Waals surface area contributed by atoms with E-state index in [1.54, 1.807) is 20.4 Å². The van der Waals surface area contributed by atoms with Crippen molar-refractivity contribution in [2.45, 2.75) is 25.6 Å². The molecular formula is C20H26ClN5O. The zero-order chi connectivity index (χ0) is 19.1. The molecule has 1 aromatic heterocycles.